The summed E-state index contributed by atoms with van der Waals surface area (Å²) in [6.45, 7) is 0.387. The molecule has 0 fully saturated rings. The highest BCUT2D eigenvalue weighted by Crippen LogP contribution is 2.23. The van der Waals surface area contributed by atoms with E-state index in [1.165, 1.54) is 0 Å². The van der Waals surface area contributed by atoms with Gasteiger partial charge < -0.3 is 15.3 Å². The number of hydrogen-bond acceptors (Lipinski definition) is 5. The van der Waals surface area contributed by atoms with Crippen molar-refractivity contribution in [3.63, 3.8) is 0 Å². The molecule has 0 saturated carbocycles. The van der Waals surface area contributed by atoms with Crippen molar-refractivity contribution >= 4 is 11.6 Å². The molecule has 1 atom stereocenters. The summed E-state index contributed by atoms with van der Waals surface area (Å²) in [5.41, 5.74) is 2.07. The van der Waals surface area contributed by atoms with Gasteiger partial charge in [-0.2, -0.15) is 0 Å². The van der Waals surface area contributed by atoms with Gasteiger partial charge in [-0.3, -0.25) is 9.78 Å². The molecule has 0 unspecified atom stereocenters. The number of carbonyl (C=O) groups excluding carboxylic acids is 1. The number of rotatable bonds is 4. The SMILES string of the molecule is O=C(NCc1cccnc1)[C@H]1CC(c2ccccc2O)=NO1. The molecule has 112 valence electrons. The molecule has 2 N–H and O–H groups in total. The van der Waals surface area contributed by atoms with Crippen LogP contribution in [-0.4, -0.2) is 27.8 Å². The van der Waals surface area contributed by atoms with E-state index in [1.54, 1.807) is 36.7 Å². The van der Waals surface area contributed by atoms with Crippen LogP contribution in [0.25, 0.3) is 0 Å². The summed E-state index contributed by atoms with van der Waals surface area (Å²) < 4.78 is 0. The van der Waals surface area contributed by atoms with Crippen molar-refractivity contribution in [1.29, 1.82) is 0 Å². The predicted octanol–water partition coefficient (Wildman–Crippen LogP) is 1.60. The van der Waals surface area contributed by atoms with Crippen LogP contribution in [0, 0.1) is 0 Å². The number of aromatic hydroxyl groups is 1. The van der Waals surface area contributed by atoms with E-state index in [9.17, 15) is 9.90 Å². The Hall–Kier alpha value is -2.89. The van der Waals surface area contributed by atoms with E-state index < -0.39 is 6.10 Å². The van der Waals surface area contributed by atoms with Crippen LogP contribution in [0.3, 0.4) is 0 Å². The minimum absolute atomic E-state index is 0.126. The third-order valence-electron chi connectivity index (χ3n) is 3.37. The first-order valence-corrected chi connectivity index (χ1v) is 6.91. The second-order valence-corrected chi connectivity index (χ2v) is 4.93. The number of amides is 1. The average molecular weight is 297 g/mol. The Morgan fingerprint density at radius 1 is 1.32 bits per heavy atom. The van der Waals surface area contributed by atoms with Gasteiger partial charge in [-0.1, -0.05) is 23.4 Å². The van der Waals surface area contributed by atoms with E-state index in [2.05, 4.69) is 15.5 Å². The minimum Gasteiger partial charge on any atom is -0.507 e. The number of oxime groups is 1. The Balaban J connectivity index is 1.57. The normalized spacial score (nSPS) is 16.7. The summed E-state index contributed by atoms with van der Waals surface area (Å²) in [7, 11) is 0. The average Bonchev–Trinajstić information content (AvgIpc) is 3.04. The molecule has 2 heterocycles. The van der Waals surface area contributed by atoms with Gasteiger partial charge in [-0.25, -0.2) is 0 Å². The number of pyridine rings is 1. The van der Waals surface area contributed by atoms with Gasteiger partial charge in [0.2, 0.25) is 6.10 Å². The smallest absolute Gasteiger partial charge is 0.264 e. The molecule has 1 aliphatic heterocycles. The number of benzene rings is 1. The number of phenolic OH excluding ortho intramolecular Hbond substituents is 1. The van der Waals surface area contributed by atoms with E-state index >= 15 is 0 Å². The van der Waals surface area contributed by atoms with E-state index in [0.29, 0.717) is 24.2 Å². The van der Waals surface area contributed by atoms with Crippen LogP contribution in [0.2, 0.25) is 0 Å². The van der Waals surface area contributed by atoms with Crippen molar-refractivity contribution in [3.05, 3.63) is 59.9 Å². The zero-order valence-corrected chi connectivity index (χ0v) is 11.8. The van der Waals surface area contributed by atoms with E-state index in [1.807, 2.05) is 12.1 Å². The third kappa shape index (κ3) is 3.06. The standard InChI is InChI=1S/C16H15N3O3/c20-14-6-2-1-5-12(14)13-8-15(22-19-13)16(21)18-10-11-4-3-7-17-9-11/h1-7,9,15,20H,8,10H2,(H,18,21)/t15-/m1/s1. The van der Waals surface area contributed by atoms with Crippen molar-refractivity contribution in [2.24, 2.45) is 5.16 Å². The molecule has 1 amide bonds. The van der Waals surface area contributed by atoms with E-state index in [4.69, 9.17) is 4.84 Å². The first kappa shape index (κ1) is 14.1. The Bertz CT molecular complexity index is 701. The van der Waals surface area contributed by atoms with Crippen molar-refractivity contribution in [1.82, 2.24) is 10.3 Å². The number of carbonyl (C=O) groups is 1. The van der Waals surface area contributed by atoms with Gasteiger partial charge in [-0.05, 0) is 23.8 Å². The third-order valence-corrected chi connectivity index (χ3v) is 3.37. The summed E-state index contributed by atoms with van der Waals surface area (Å²) in [4.78, 5) is 21.3. The molecule has 6 nitrogen and oxygen atoms in total. The molecule has 1 aliphatic rings. The lowest BCUT2D eigenvalue weighted by Crippen LogP contribution is -2.34. The van der Waals surface area contributed by atoms with Crippen molar-refractivity contribution in [2.75, 3.05) is 0 Å². The molecule has 1 aromatic heterocycles. The minimum atomic E-state index is -0.675. The van der Waals surface area contributed by atoms with Crippen molar-refractivity contribution in [3.8, 4) is 5.75 Å². The predicted molar refractivity (Wildman–Crippen MR) is 80.2 cm³/mol. The highest BCUT2D eigenvalue weighted by molar-refractivity contribution is 6.05. The molecule has 0 spiro atoms. The van der Waals surface area contributed by atoms with Gasteiger partial charge in [-0.15, -0.1) is 0 Å². The topological polar surface area (TPSA) is 83.8 Å². The van der Waals surface area contributed by atoms with Gasteiger partial charge in [0.25, 0.3) is 5.91 Å². The molecule has 2 aromatic rings. The summed E-state index contributed by atoms with van der Waals surface area (Å²) in [5.74, 6) is -0.112. The van der Waals surface area contributed by atoms with Crippen molar-refractivity contribution in [2.45, 2.75) is 19.1 Å². The van der Waals surface area contributed by atoms with E-state index in [-0.39, 0.29) is 11.7 Å². The van der Waals surface area contributed by atoms with Crippen LogP contribution in [0.15, 0.2) is 53.9 Å². The Kier molecular flexibility index (Phi) is 4.00. The number of nitrogens with one attached hydrogen (secondary N) is 1. The maximum atomic E-state index is 12.1. The molecule has 0 bridgehead atoms. The van der Waals surface area contributed by atoms with Crippen LogP contribution >= 0.6 is 0 Å². The second kappa shape index (κ2) is 6.26. The molecule has 3 rings (SSSR count). The summed E-state index contributed by atoms with van der Waals surface area (Å²) in [5, 5.41) is 16.5. The zero-order chi connectivity index (χ0) is 15.4. The summed E-state index contributed by atoms with van der Waals surface area (Å²) in [6, 6.07) is 10.5. The molecule has 0 saturated heterocycles. The van der Waals surface area contributed by atoms with Crippen LogP contribution in [-0.2, 0) is 16.2 Å². The van der Waals surface area contributed by atoms with Crippen LogP contribution in [0.4, 0.5) is 0 Å². The lowest BCUT2D eigenvalue weighted by Gasteiger charge is -2.09. The van der Waals surface area contributed by atoms with Crippen molar-refractivity contribution < 1.29 is 14.7 Å². The number of phenols is 1. The van der Waals surface area contributed by atoms with Gasteiger partial charge in [0.05, 0.1) is 5.71 Å². The fraction of sp³-hybridized carbons (Fsp3) is 0.188. The molecule has 6 heteroatoms. The first-order chi connectivity index (χ1) is 10.7. The van der Waals surface area contributed by atoms with Gasteiger partial charge in [0, 0.05) is 30.9 Å². The van der Waals surface area contributed by atoms with Crippen LogP contribution in [0.1, 0.15) is 17.5 Å². The Morgan fingerprint density at radius 3 is 2.95 bits per heavy atom. The van der Waals surface area contributed by atoms with Crippen LogP contribution < -0.4 is 5.32 Å². The molecular weight excluding hydrogens is 282 g/mol. The van der Waals surface area contributed by atoms with Crippen LogP contribution in [0.5, 0.6) is 5.75 Å². The second-order valence-electron chi connectivity index (χ2n) is 4.93. The highest BCUT2D eigenvalue weighted by Gasteiger charge is 2.29. The Morgan fingerprint density at radius 2 is 2.18 bits per heavy atom. The maximum absolute atomic E-state index is 12.1. The molecule has 1 aromatic carbocycles. The summed E-state index contributed by atoms with van der Waals surface area (Å²) in [6.07, 6.45) is 3.03. The number of aromatic nitrogens is 1. The zero-order valence-electron chi connectivity index (χ0n) is 11.8. The van der Waals surface area contributed by atoms with Gasteiger partial charge >= 0.3 is 0 Å². The molecular formula is C16H15N3O3. The molecule has 22 heavy (non-hydrogen) atoms. The fourth-order valence-electron chi connectivity index (χ4n) is 2.20. The largest absolute Gasteiger partial charge is 0.507 e. The Labute approximate surface area is 127 Å². The highest BCUT2D eigenvalue weighted by atomic mass is 16.6. The van der Waals surface area contributed by atoms with E-state index in [0.717, 1.165) is 5.56 Å². The number of nitrogens with zero attached hydrogens (tertiary/aromatic N) is 2. The fourth-order valence-corrected chi connectivity index (χ4v) is 2.20. The van der Waals surface area contributed by atoms with Gasteiger partial charge in [0.1, 0.15) is 5.75 Å². The van der Waals surface area contributed by atoms with Gasteiger partial charge in [0.15, 0.2) is 0 Å². The quantitative estimate of drug-likeness (QED) is 0.897. The molecule has 0 radical (unpaired) electrons. The lowest BCUT2D eigenvalue weighted by atomic mass is 10.0. The number of hydrogen-bond donors (Lipinski definition) is 2. The lowest BCUT2D eigenvalue weighted by molar-refractivity contribution is -0.131. The summed E-state index contributed by atoms with van der Waals surface area (Å²) >= 11 is 0. The monoisotopic (exact) mass is 297 g/mol. The first-order valence-electron chi connectivity index (χ1n) is 6.91. The molecule has 0 aliphatic carbocycles. The maximum Gasteiger partial charge on any atom is 0.264 e. The number of para-hydroxylation sites is 1.